The van der Waals surface area contributed by atoms with Crippen LogP contribution in [-0.4, -0.2) is 57.3 Å². The number of H-pyrrole nitrogens is 1. The largest absolute Gasteiger partial charge is 0.494 e. The second-order valence-electron chi connectivity index (χ2n) is 5.60. The van der Waals surface area contributed by atoms with Gasteiger partial charge in [-0.3, -0.25) is 0 Å². The van der Waals surface area contributed by atoms with Crippen molar-refractivity contribution in [3.63, 3.8) is 0 Å². The van der Waals surface area contributed by atoms with Gasteiger partial charge in [0.15, 0.2) is 0 Å². The Bertz CT molecular complexity index is 592. The lowest BCUT2D eigenvalue weighted by molar-refractivity contribution is 0.308. The smallest absolute Gasteiger partial charge is 0.146 e. The molecule has 0 atom stereocenters. The molecule has 2 heterocycles. The number of likely N-dealkylation sites (N-methyl/N-ethyl adjacent to an activating group) is 1. The SMILES string of the molecule is COc1cc(-c2ccc[nH]2)cc(OC)c1N1CCN(C)CC1. The van der Waals surface area contributed by atoms with Crippen molar-refractivity contribution >= 4 is 5.69 Å². The second kappa shape index (κ2) is 6.32. The molecule has 1 N–H and O–H groups in total. The molecule has 22 heavy (non-hydrogen) atoms. The molecule has 5 nitrogen and oxygen atoms in total. The monoisotopic (exact) mass is 301 g/mol. The summed E-state index contributed by atoms with van der Waals surface area (Å²) in [4.78, 5) is 7.91. The molecule has 0 unspecified atom stereocenters. The van der Waals surface area contributed by atoms with Gasteiger partial charge in [-0.05, 0) is 31.3 Å². The minimum absolute atomic E-state index is 0.855. The van der Waals surface area contributed by atoms with Crippen molar-refractivity contribution in [1.82, 2.24) is 9.88 Å². The van der Waals surface area contributed by atoms with E-state index in [1.807, 2.05) is 18.3 Å². The third-order valence-electron chi connectivity index (χ3n) is 4.21. The highest BCUT2D eigenvalue weighted by atomic mass is 16.5. The summed E-state index contributed by atoms with van der Waals surface area (Å²) in [5.41, 5.74) is 3.17. The van der Waals surface area contributed by atoms with Crippen LogP contribution in [0.3, 0.4) is 0 Å². The van der Waals surface area contributed by atoms with E-state index in [0.29, 0.717) is 0 Å². The summed E-state index contributed by atoms with van der Waals surface area (Å²) < 4.78 is 11.3. The van der Waals surface area contributed by atoms with E-state index >= 15 is 0 Å². The number of benzene rings is 1. The zero-order chi connectivity index (χ0) is 15.5. The Labute approximate surface area is 131 Å². The molecule has 0 spiro atoms. The molecule has 2 aromatic rings. The summed E-state index contributed by atoms with van der Waals surface area (Å²) >= 11 is 0. The van der Waals surface area contributed by atoms with Crippen LogP contribution in [0, 0.1) is 0 Å². The number of nitrogens with one attached hydrogen (secondary N) is 1. The Hall–Kier alpha value is -2.14. The third kappa shape index (κ3) is 2.76. The first-order valence-electron chi connectivity index (χ1n) is 7.56. The lowest BCUT2D eigenvalue weighted by Crippen LogP contribution is -2.44. The van der Waals surface area contributed by atoms with E-state index < -0.39 is 0 Å². The topological polar surface area (TPSA) is 40.7 Å². The van der Waals surface area contributed by atoms with Gasteiger partial charge in [-0.25, -0.2) is 0 Å². The van der Waals surface area contributed by atoms with Crippen LogP contribution in [0.25, 0.3) is 11.3 Å². The van der Waals surface area contributed by atoms with Crippen LogP contribution in [0.2, 0.25) is 0 Å². The maximum absolute atomic E-state index is 5.66. The van der Waals surface area contributed by atoms with Crippen molar-refractivity contribution in [1.29, 1.82) is 0 Å². The van der Waals surface area contributed by atoms with E-state index in [4.69, 9.17) is 9.47 Å². The van der Waals surface area contributed by atoms with E-state index in [0.717, 1.165) is 54.6 Å². The summed E-state index contributed by atoms with van der Waals surface area (Å²) in [6, 6.07) is 8.18. The Kier molecular flexibility index (Phi) is 4.24. The summed E-state index contributed by atoms with van der Waals surface area (Å²) in [6.45, 7) is 4.05. The van der Waals surface area contributed by atoms with Crippen LogP contribution in [0.1, 0.15) is 0 Å². The van der Waals surface area contributed by atoms with Crippen LogP contribution in [0.4, 0.5) is 5.69 Å². The van der Waals surface area contributed by atoms with Gasteiger partial charge in [0.2, 0.25) is 0 Å². The Morgan fingerprint density at radius 1 is 1.00 bits per heavy atom. The van der Waals surface area contributed by atoms with Crippen molar-refractivity contribution in [3.05, 3.63) is 30.5 Å². The standard InChI is InChI=1S/C17H23N3O2/c1-19-7-9-20(10-8-19)17-15(21-2)11-13(12-16(17)22-3)14-5-4-6-18-14/h4-6,11-12,18H,7-10H2,1-3H3. The fourth-order valence-corrected chi connectivity index (χ4v) is 2.90. The molecule has 0 amide bonds. The fraction of sp³-hybridized carbons (Fsp3) is 0.412. The van der Waals surface area contributed by atoms with Crippen LogP contribution in [0.15, 0.2) is 30.5 Å². The highest BCUT2D eigenvalue weighted by molar-refractivity contribution is 5.76. The molecule has 0 saturated carbocycles. The van der Waals surface area contributed by atoms with Crippen molar-refractivity contribution in [3.8, 4) is 22.8 Å². The molecule has 0 bridgehead atoms. The van der Waals surface area contributed by atoms with Gasteiger partial charge in [-0.2, -0.15) is 0 Å². The number of anilines is 1. The minimum Gasteiger partial charge on any atom is -0.494 e. The number of nitrogens with zero attached hydrogens (tertiary/aromatic N) is 2. The molecule has 1 saturated heterocycles. The minimum atomic E-state index is 0.855. The van der Waals surface area contributed by atoms with Gasteiger partial charge in [0.05, 0.1) is 14.2 Å². The van der Waals surface area contributed by atoms with Crippen LogP contribution < -0.4 is 14.4 Å². The first-order valence-corrected chi connectivity index (χ1v) is 7.56. The zero-order valence-corrected chi connectivity index (χ0v) is 13.4. The summed E-state index contributed by atoms with van der Waals surface area (Å²) in [6.07, 6.45) is 1.92. The van der Waals surface area contributed by atoms with Gasteiger partial charge >= 0.3 is 0 Å². The van der Waals surface area contributed by atoms with E-state index in [9.17, 15) is 0 Å². The van der Waals surface area contributed by atoms with Gasteiger partial charge in [-0.15, -0.1) is 0 Å². The van der Waals surface area contributed by atoms with Gasteiger partial charge in [0, 0.05) is 43.6 Å². The quantitative estimate of drug-likeness (QED) is 0.942. The summed E-state index contributed by atoms with van der Waals surface area (Å²) in [5.74, 6) is 1.71. The number of ether oxygens (including phenoxy) is 2. The van der Waals surface area contributed by atoms with E-state index in [2.05, 4.69) is 34.0 Å². The molecular weight excluding hydrogens is 278 g/mol. The van der Waals surface area contributed by atoms with Gasteiger partial charge in [-0.1, -0.05) is 0 Å². The average Bonchev–Trinajstić information content (AvgIpc) is 3.09. The lowest BCUT2D eigenvalue weighted by Gasteiger charge is -2.35. The fourth-order valence-electron chi connectivity index (χ4n) is 2.90. The van der Waals surface area contributed by atoms with Crippen molar-refractivity contribution in [2.45, 2.75) is 0 Å². The molecular formula is C17H23N3O2. The maximum atomic E-state index is 5.66. The van der Waals surface area contributed by atoms with Gasteiger partial charge in [0.1, 0.15) is 17.2 Å². The predicted molar refractivity (Wildman–Crippen MR) is 89.0 cm³/mol. The van der Waals surface area contributed by atoms with Crippen molar-refractivity contribution in [2.24, 2.45) is 0 Å². The molecule has 1 aromatic carbocycles. The molecule has 1 aromatic heterocycles. The molecule has 118 valence electrons. The number of aromatic nitrogens is 1. The number of piperazine rings is 1. The predicted octanol–water partition coefficient (Wildman–Crippen LogP) is 2.45. The first kappa shape index (κ1) is 14.8. The van der Waals surface area contributed by atoms with E-state index in [1.54, 1.807) is 14.2 Å². The molecule has 1 aliphatic heterocycles. The second-order valence-corrected chi connectivity index (χ2v) is 5.60. The number of hydrogen-bond acceptors (Lipinski definition) is 4. The Balaban J connectivity index is 2.01. The Morgan fingerprint density at radius 2 is 1.64 bits per heavy atom. The zero-order valence-electron chi connectivity index (χ0n) is 13.4. The molecule has 1 aliphatic rings. The molecule has 3 rings (SSSR count). The highest BCUT2D eigenvalue weighted by Gasteiger charge is 2.22. The summed E-state index contributed by atoms with van der Waals surface area (Å²) in [5, 5.41) is 0. The van der Waals surface area contributed by atoms with E-state index in [1.165, 1.54) is 0 Å². The molecule has 5 heteroatoms. The maximum Gasteiger partial charge on any atom is 0.146 e. The van der Waals surface area contributed by atoms with Crippen molar-refractivity contribution in [2.75, 3.05) is 52.3 Å². The number of aromatic amines is 1. The van der Waals surface area contributed by atoms with Crippen molar-refractivity contribution < 1.29 is 9.47 Å². The lowest BCUT2D eigenvalue weighted by atomic mass is 10.1. The Morgan fingerprint density at radius 3 is 2.14 bits per heavy atom. The van der Waals surface area contributed by atoms with E-state index in [-0.39, 0.29) is 0 Å². The number of rotatable bonds is 4. The summed E-state index contributed by atoms with van der Waals surface area (Å²) in [7, 11) is 5.58. The van der Waals surface area contributed by atoms with Gasteiger partial charge in [0.25, 0.3) is 0 Å². The highest BCUT2D eigenvalue weighted by Crippen LogP contribution is 2.41. The molecule has 1 fully saturated rings. The van der Waals surface area contributed by atoms with Crippen LogP contribution in [-0.2, 0) is 0 Å². The van der Waals surface area contributed by atoms with Crippen LogP contribution >= 0.6 is 0 Å². The normalized spacial score (nSPS) is 15.9. The number of methoxy groups -OCH3 is 2. The van der Waals surface area contributed by atoms with Gasteiger partial charge < -0.3 is 24.3 Å². The molecule has 0 radical (unpaired) electrons. The van der Waals surface area contributed by atoms with Crippen LogP contribution in [0.5, 0.6) is 11.5 Å². The first-order chi connectivity index (χ1) is 10.7. The third-order valence-corrected chi connectivity index (χ3v) is 4.21. The molecule has 0 aliphatic carbocycles. The number of hydrogen-bond donors (Lipinski definition) is 1. The average molecular weight is 301 g/mol.